The number of amides is 1. The van der Waals surface area contributed by atoms with E-state index in [1.54, 1.807) is 24.3 Å². The van der Waals surface area contributed by atoms with Crippen LogP contribution in [-0.2, 0) is 9.47 Å². The monoisotopic (exact) mass is 385 g/mol. The van der Waals surface area contributed by atoms with E-state index < -0.39 is 24.5 Å². The maximum absolute atomic E-state index is 12.4. The number of hydrogen-bond acceptors (Lipinski definition) is 8. The van der Waals surface area contributed by atoms with Crippen LogP contribution in [0.4, 0.5) is 5.82 Å². The van der Waals surface area contributed by atoms with Crippen LogP contribution in [0, 0.1) is 0 Å². The molecule has 0 radical (unpaired) electrons. The second-order valence-corrected chi connectivity index (χ2v) is 6.31. The molecule has 4 rings (SSSR count). The Bertz CT molecular complexity index is 979. The average molecular weight is 385 g/mol. The summed E-state index contributed by atoms with van der Waals surface area (Å²) in [5, 5.41) is 22.7. The van der Waals surface area contributed by atoms with Crippen molar-refractivity contribution >= 4 is 22.9 Å². The molecule has 1 amide bonds. The summed E-state index contributed by atoms with van der Waals surface area (Å²) in [4.78, 5) is 25.0. The third kappa shape index (κ3) is 3.12. The molecule has 10 heteroatoms. The summed E-state index contributed by atoms with van der Waals surface area (Å²) in [7, 11) is 1.44. The molecule has 0 spiro atoms. The number of carbonyl (C=O) groups excluding carboxylic acids is 1. The molecule has 1 aliphatic rings. The van der Waals surface area contributed by atoms with Gasteiger partial charge in [-0.15, -0.1) is 0 Å². The van der Waals surface area contributed by atoms with Crippen LogP contribution in [0.3, 0.4) is 0 Å². The molecule has 1 saturated heterocycles. The lowest BCUT2D eigenvalue weighted by Crippen LogP contribution is -2.35. The molecule has 1 aliphatic heterocycles. The SMILES string of the molecule is CO[C@@H]1[C@@H](O)[C@H](n2cnc3c(NC(=O)c4ccccc4)ncnc32)O[C@@H]1CO. The summed E-state index contributed by atoms with van der Waals surface area (Å²) >= 11 is 0. The number of aliphatic hydroxyl groups excluding tert-OH is 2. The molecular weight excluding hydrogens is 366 g/mol. The van der Waals surface area contributed by atoms with Gasteiger partial charge in [0.2, 0.25) is 0 Å². The standard InChI is InChI=1S/C18H19N5O5/c1-27-14-11(7-24)28-18(13(14)25)23-9-21-12-15(19-8-20-16(12)23)22-17(26)10-5-3-2-4-6-10/h2-6,8-9,11,13-14,18,24-25H,7H2,1H3,(H,19,20,22,26)/t11-,13-,14+,18-/m1/s1. The minimum absolute atomic E-state index is 0.243. The quantitative estimate of drug-likeness (QED) is 0.573. The first-order valence-corrected chi connectivity index (χ1v) is 8.65. The van der Waals surface area contributed by atoms with Gasteiger partial charge in [0, 0.05) is 12.7 Å². The van der Waals surface area contributed by atoms with Crippen molar-refractivity contribution in [1.29, 1.82) is 0 Å². The molecule has 146 valence electrons. The van der Waals surface area contributed by atoms with Gasteiger partial charge in [-0.1, -0.05) is 18.2 Å². The number of rotatable bonds is 5. The van der Waals surface area contributed by atoms with Gasteiger partial charge >= 0.3 is 0 Å². The van der Waals surface area contributed by atoms with Crippen LogP contribution in [0.1, 0.15) is 16.6 Å². The Hall–Kier alpha value is -2.92. The van der Waals surface area contributed by atoms with Crippen molar-refractivity contribution in [2.75, 3.05) is 19.0 Å². The molecule has 28 heavy (non-hydrogen) atoms. The highest BCUT2D eigenvalue weighted by molar-refractivity contribution is 6.06. The lowest BCUT2D eigenvalue weighted by atomic mass is 10.1. The zero-order valence-corrected chi connectivity index (χ0v) is 15.0. The topological polar surface area (TPSA) is 132 Å². The number of benzene rings is 1. The fourth-order valence-electron chi connectivity index (χ4n) is 3.29. The van der Waals surface area contributed by atoms with Gasteiger partial charge < -0.3 is 25.0 Å². The Morgan fingerprint density at radius 2 is 2.07 bits per heavy atom. The number of nitrogens with zero attached hydrogens (tertiary/aromatic N) is 4. The number of nitrogens with one attached hydrogen (secondary N) is 1. The van der Waals surface area contributed by atoms with Gasteiger partial charge in [-0.3, -0.25) is 9.36 Å². The molecule has 0 bridgehead atoms. The van der Waals surface area contributed by atoms with Crippen LogP contribution in [-0.4, -0.2) is 67.7 Å². The lowest BCUT2D eigenvalue weighted by molar-refractivity contribution is -0.0535. The molecule has 3 N–H and O–H groups in total. The first-order valence-electron chi connectivity index (χ1n) is 8.65. The average Bonchev–Trinajstić information content (AvgIpc) is 3.29. The van der Waals surface area contributed by atoms with Gasteiger partial charge in [0.1, 0.15) is 24.6 Å². The fourth-order valence-corrected chi connectivity index (χ4v) is 3.29. The Kier molecular flexibility index (Phi) is 5.01. The Morgan fingerprint density at radius 3 is 2.75 bits per heavy atom. The minimum Gasteiger partial charge on any atom is -0.394 e. The Morgan fingerprint density at radius 1 is 1.29 bits per heavy atom. The molecule has 0 saturated carbocycles. The summed E-state index contributed by atoms with van der Waals surface area (Å²) in [6.45, 7) is -0.300. The number of ether oxygens (including phenoxy) is 2. The second kappa shape index (κ2) is 7.60. The van der Waals surface area contributed by atoms with Gasteiger partial charge in [-0.2, -0.15) is 0 Å². The largest absolute Gasteiger partial charge is 0.394 e. The van der Waals surface area contributed by atoms with E-state index in [0.717, 1.165) is 0 Å². The highest BCUT2D eigenvalue weighted by Crippen LogP contribution is 2.33. The van der Waals surface area contributed by atoms with E-state index in [1.807, 2.05) is 6.07 Å². The summed E-state index contributed by atoms with van der Waals surface area (Å²) in [5.41, 5.74) is 1.21. The van der Waals surface area contributed by atoms with Crippen molar-refractivity contribution in [3.8, 4) is 0 Å². The van der Waals surface area contributed by atoms with E-state index in [4.69, 9.17) is 9.47 Å². The maximum Gasteiger partial charge on any atom is 0.256 e. The minimum atomic E-state index is -1.03. The van der Waals surface area contributed by atoms with E-state index in [0.29, 0.717) is 16.7 Å². The van der Waals surface area contributed by atoms with Gasteiger partial charge in [0.15, 0.2) is 23.2 Å². The third-order valence-corrected chi connectivity index (χ3v) is 4.66. The van der Waals surface area contributed by atoms with E-state index in [2.05, 4.69) is 20.3 Å². The van der Waals surface area contributed by atoms with E-state index in [9.17, 15) is 15.0 Å². The number of anilines is 1. The number of carbonyl (C=O) groups is 1. The number of fused-ring (bicyclic) bond motifs is 1. The summed E-state index contributed by atoms with van der Waals surface area (Å²) in [5.74, 6) is -0.0841. The lowest BCUT2D eigenvalue weighted by Gasteiger charge is -2.17. The molecule has 1 aromatic carbocycles. The van der Waals surface area contributed by atoms with Gasteiger partial charge in [0.25, 0.3) is 5.91 Å². The normalized spacial score (nSPS) is 24.5. The third-order valence-electron chi connectivity index (χ3n) is 4.66. The molecule has 3 heterocycles. The van der Waals surface area contributed by atoms with Crippen molar-refractivity contribution in [2.24, 2.45) is 0 Å². The van der Waals surface area contributed by atoms with Crippen LogP contribution in [0.5, 0.6) is 0 Å². The maximum atomic E-state index is 12.4. The van der Waals surface area contributed by atoms with Gasteiger partial charge in [-0.05, 0) is 12.1 Å². The van der Waals surface area contributed by atoms with E-state index >= 15 is 0 Å². The molecule has 0 aliphatic carbocycles. The van der Waals surface area contributed by atoms with Crippen molar-refractivity contribution < 1.29 is 24.5 Å². The summed E-state index contributed by atoms with van der Waals surface area (Å²) in [6, 6.07) is 8.73. The van der Waals surface area contributed by atoms with Crippen molar-refractivity contribution in [3.05, 3.63) is 48.5 Å². The van der Waals surface area contributed by atoms with Crippen LogP contribution >= 0.6 is 0 Å². The van der Waals surface area contributed by atoms with Crippen molar-refractivity contribution in [1.82, 2.24) is 19.5 Å². The summed E-state index contributed by atoms with van der Waals surface area (Å²) < 4.78 is 12.5. The Balaban J connectivity index is 1.65. The number of methoxy groups -OCH3 is 1. The molecule has 4 atom stereocenters. The smallest absolute Gasteiger partial charge is 0.256 e. The zero-order chi connectivity index (χ0) is 19.7. The predicted molar refractivity (Wildman–Crippen MR) is 97.5 cm³/mol. The highest BCUT2D eigenvalue weighted by Gasteiger charge is 2.45. The van der Waals surface area contributed by atoms with E-state index in [-0.39, 0.29) is 18.3 Å². The highest BCUT2D eigenvalue weighted by atomic mass is 16.6. The summed E-state index contributed by atoms with van der Waals surface area (Å²) in [6.07, 6.45) is -0.512. The predicted octanol–water partition coefficient (Wildman–Crippen LogP) is 0.344. The van der Waals surface area contributed by atoms with Crippen molar-refractivity contribution in [2.45, 2.75) is 24.5 Å². The molecular formula is C18H19N5O5. The van der Waals surface area contributed by atoms with Crippen LogP contribution < -0.4 is 5.32 Å². The number of aromatic nitrogens is 4. The van der Waals surface area contributed by atoms with Crippen LogP contribution in [0.25, 0.3) is 11.2 Å². The van der Waals surface area contributed by atoms with Crippen LogP contribution in [0.15, 0.2) is 43.0 Å². The van der Waals surface area contributed by atoms with Crippen LogP contribution in [0.2, 0.25) is 0 Å². The number of imidazole rings is 1. The molecule has 10 nitrogen and oxygen atoms in total. The number of aliphatic hydroxyl groups is 2. The van der Waals surface area contributed by atoms with Gasteiger partial charge in [0.05, 0.1) is 12.9 Å². The molecule has 3 aromatic rings. The van der Waals surface area contributed by atoms with Gasteiger partial charge in [-0.25, -0.2) is 15.0 Å². The Labute approximate surface area is 159 Å². The zero-order valence-electron chi connectivity index (χ0n) is 15.0. The fraction of sp³-hybridized carbons (Fsp3) is 0.333. The first-order chi connectivity index (χ1) is 13.6. The molecule has 0 unspecified atom stereocenters. The molecule has 1 fully saturated rings. The van der Waals surface area contributed by atoms with E-state index in [1.165, 1.54) is 24.3 Å². The van der Waals surface area contributed by atoms with Crippen molar-refractivity contribution in [3.63, 3.8) is 0 Å². The molecule has 2 aromatic heterocycles. The number of hydrogen-bond donors (Lipinski definition) is 3. The first kappa shape index (κ1) is 18.4. The second-order valence-electron chi connectivity index (χ2n) is 6.31.